The SMILES string of the molecule is CCCNc1ncc(S(=O)(=O)NCC2CC2)cc1Cl. The maximum absolute atomic E-state index is 12.0. The first-order valence-corrected chi connectivity index (χ1v) is 8.28. The number of rotatable bonds is 7. The van der Waals surface area contributed by atoms with Gasteiger partial charge in [-0.25, -0.2) is 18.1 Å². The van der Waals surface area contributed by atoms with Gasteiger partial charge in [0.25, 0.3) is 0 Å². The summed E-state index contributed by atoms with van der Waals surface area (Å²) < 4.78 is 26.6. The third-order valence-corrected chi connectivity index (χ3v) is 4.61. The van der Waals surface area contributed by atoms with Gasteiger partial charge in [-0.05, 0) is 31.2 Å². The van der Waals surface area contributed by atoms with Crippen LogP contribution in [-0.4, -0.2) is 26.5 Å². The summed E-state index contributed by atoms with van der Waals surface area (Å²) in [7, 11) is -3.50. The molecule has 1 heterocycles. The third kappa shape index (κ3) is 4.06. The van der Waals surface area contributed by atoms with Crippen LogP contribution in [0.2, 0.25) is 5.02 Å². The smallest absolute Gasteiger partial charge is 0.242 e. The fourth-order valence-electron chi connectivity index (χ4n) is 1.57. The van der Waals surface area contributed by atoms with E-state index in [9.17, 15) is 8.42 Å². The zero-order valence-corrected chi connectivity index (χ0v) is 12.4. The number of sulfonamides is 1. The quantitative estimate of drug-likeness (QED) is 0.810. The van der Waals surface area contributed by atoms with Crippen LogP contribution in [0.3, 0.4) is 0 Å². The summed E-state index contributed by atoms with van der Waals surface area (Å²) >= 11 is 6.03. The van der Waals surface area contributed by atoms with Gasteiger partial charge in [-0.3, -0.25) is 0 Å². The molecule has 0 aromatic carbocycles. The Hall–Kier alpha value is -0.850. The van der Waals surface area contributed by atoms with Crippen LogP contribution < -0.4 is 10.0 Å². The van der Waals surface area contributed by atoms with Gasteiger partial charge in [0.05, 0.1) is 5.02 Å². The maximum Gasteiger partial charge on any atom is 0.242 e. The second-order valence-electron chi connectivity index (χ2n) is 4.72. The number of aromatic nitrogens is 1. The Kier molecular flexibility index (Phi) is 4.65. The highest BCUT2D eigenvalue weighted by molar-refractivity contribution is 7.89. The fourth-order valence-corrected chi connectivity index (χ4v) is 2.96. The summed E-state index contributed by atoms with van der Waals surface area (Å²) in [5, 5.41) is 3.37. The predicted octanol–water partition coefficient (Wildman–Crippen LogP) is 2.25. The fraction of sp³-hybridized carbons (Fsp3) is 0.583. The molecule has 1 saturated carbocycles. The van der Waals surface area contributed by atoms with Crippen LogP contribution in [0.4, 0.5) is 5.82 Å². The molecule has 2 rings (SSSR count). The van der Waals surface area contributed by atoms with E-state index in [0.29, 0.717) is 23.3 Å². The summed E-state index contributed by atoms with van der Waals surface area (Å²) in [5.74, 6) is 1.01. The van der Waals surface area contributed by atoms with Crippen molar-refractivity contribution in [3.8, 4) is 0 Å². The largest absolute Gasteiger partial charge is 0.369 e. The number of pyridine rings is 1. The minimum Gasteiger partial charge on any atom is -0.369 e. The molecule has 1 aromatic rings. The molecule has 7 heteroatoms. The van der Waals surface area contributed by atoms with Crippen molar-refractivity contribution in [2.45, 2.75) is 31.1 Å². The average molecular weight is 304 g/mol. The molecular weight excluding hydrogens is 286 g/mol. The van der Waals surface area contributed by atoms with Crippen LogP contribution in [-0.2, 0) is 10.0 Å². The van der Waals surface area contributed by atoms with Gasteiger partial charge in [0.1, 0.15) is 10.7 Å². The second-order valence-corrected chi connectivity index (χ2v) is 6.90. The minimum absolute atomic E-state index is 0.111. The van der Waals surface area contributed by atoms with Gasteiger partial charge in [0.2, 0.25) is 10.0 Å². The van der Waals surface area contributed by atoms with Gasteiger partial charge < -0.3 is 5.32 Å². The molecule has 106 valence electrons. The van der Waals surface area contributed by atoms with E-state index in [1.807, 2.05) is 6.92 Å². The lowest BCUT2D eigenvalue weighted by Gasteiger charge is -2.09. The van der Waals surface area contributed by atoms with Crippen LogP contribution in [0.1, 0.15) is 26.2 Å². The van der Waals surface area contributed by atoms with E-state index in [4.69, 9.17) is 11.6 Å². The topological polar surface area (TPSA) is 71.1 Å². The molecule has 1 aromatic heterocycles. The molecule has 0 amide bonds. The van der Waals surface area contributed by atoms with Gasteiger partial charge in [0, 0.05) is 19.3 Å². The molecule has 0 bridgehead atoms. The minimum atomic E-state index is -3.50. The lowest BCUT2D eigenvalue weighted by atomic mass is 10.4. The number of nitrogens with zero attached hydrogens (tertiary/aromatic N) is 1. The van der Waals surface area contributed by atoms with Crippen molar-refractivity contribution >= 4 is 27.4 Å². The van der Waals surface area contributed by atoms with Crippen molar-refractivity contribution in [1.82, 2.24) is 9.71 Å². The normalized spacial score (nSPS) is 15.5. The van der Waals surface area contributed by atoms with Gasteiger partial charge in [-0.2, -0.15) is 0 Å². The molecule has 0 saturated heterocycles. The number of hydrogen-bond acceptors (Lipinski definition) is 4. The lowest BCUT2D eigenvalue weighted by Crippen LogP contribution is -2.26. The Balaban J connectivity index is 2.08. The first kappa shape index (κ1) is 14.6. The van der Waals surface area contributed by atoms with Crippen molar-refractivity contribution in [1.29, 1.82) is 0 Å². The van der Waals surface area contributed by atoms with E-state index in [0.717, 1.165) is 25.8 Å². The van der Waals surface area contributed by atoms with E-state index < -0.39 is 10.0 Å². The van der Waals surface area contributed by atoms with Crippen molar-refractivity contribution in [3.63, 3.8) is 0 Å². The van der Waals surface area contributed by atoms with E-state index >= 15 is 0 Å². The number of halogens is 1. The zero-order valence-electron chi connectivity index (χ0n) is 10.8. The van der Waals surface area contributed by atoms with Crippen molar-refractivity contribution < 1.29 is 8.42 Å². The molecule has 0 atom stereocenters. The molecule has 0 unspecified atom stereocenters. The van der Waals surface area contributed by atoms with E-state index in [-0.39, 0.29) is 4.90 Å². The summed E-state index contributed by atoms with van der Waals surface area (Å²) in [6.07, 6.45) is 4.48. The number of anilines is 1. The van der Waals surface area contributed by atoms with Crippen molar-refractivity contribution in [2.75, 3.05) is 18.4 Å². The Labute approximate surface area is 118 Å². The average Bonchev–Trinajstić information content (AvgIpc) is 3.19. The zero-order chi connectivity index (χ0) is 13.9. The Morgan fingerprint density at radius 1 is 1.47 bits per heavy atom. The van der Waals surface area contributed by atoms with Gasteiger partial charge in [-0.1, -0.05) is 18.5 Å². The first-order valence-electron chi connectivity index (χ1n) is 6.42. The molecule has 1 fully saturated rings. The summed E-state index contributed by atoms with van der Waals surface area (Å²) in [6, 6.07) is 1.43. The van der Waals surface area contributed by atoms with E-state index in [1.165, 1.54) is 12.3 Å². The lowest BCUT2D eigenvalue weighted by molar-refractivity contribution is 0.577. The summed E-state index contributed by atoms with van der Waals surface area (Å²) in [4.78, 5) is 4.17. The second kappa shape index (κ2) is 6.07. The Morgan fingerprint density at radius 3 is 2.79 bits per heavy atom. The first-order chi connectivity index (χ1) is 9.03. The summed E-state index contributed by atoms with van der Waals surface area (Å²) in [5.41, 5.74) is 0. The van der Waals surface area contributed by atoms with Crippen molar-refractivity contribution in [2.24, 2.45) is 5.92 Å². The number of nitrogens with one attached hydrogen (secondary N) is 2. The van der Waals surface area contributed by atoms with Crippen LogP contribution in [0.25, 0.3) is 0 Å². The molecule has 0 radical (unpaired) electrons. The standard InChI is InChI=1S/C12H18ClN3O2S/c1-2-5-14-12-11(13)6-10(8-15-12)19(17,18)16-7-9-3-4-9/h6,8-9,16H,2-5,7H2,1H3,(H,14,15). The van der Waals surface area contributed by atoms with Crippen LogP contribution in [0, 0.1) is 5.92 Å². The molecule has 5 nitrogen and oxygen atoms in total. The number of hydrogen-bond donors (Lipinski definition) is 2. The van der Waals surface area contributed by atoms with Crippen LogP contribution in [0.5, 0.6) is 0 Å². The highest BCUT2D eigenvalue weighted by Gasteiger charge is 2.24. The molecule has 0 spiro atoms. The molecule has 0 aliphatic heterocycles. The van der Waals surface area contributed by atoms with Gasteiger partial charge in [-0.15, -0.1) is 0 Å². The van der Waals surface area contributed by atoms with Gasteiger partial charge >= 0.3 is 0 Å². The van der Waals surface area contributed by atoms with Crippen LogP contribution >= 0.6 is 11.6 Å². The van der Waals surface area contributed by atoms with Crippen molar-refractivity contribution in [3.05, 3.63) is 17.3 Å². The molecule has 1 aliphatic carbocycles. The molecule has 1 aliphatic rings. The third-order valence-electron chi connectivity index (χ3n) is 2.93. The van der Waals surface area contributed by atoms with Gasteiger partial charge in [0.15, 0.2) is 0 Å². The highest BCUT2D eigenvalue weighted by Crippen LogP contribution is 2.28. The predicted molar refractivity (Wildman–Crippen MR) is 75.9 cm³/mol. The van der Waals surface area contributed by atoms with Crippen LogP contribution in [0.15, 0.2) is 17.2 Å². The van der Waals surface area contributed by atoms with E-state index in [2.05, 4.69) is 15.0 Å². The molecule has 19 heavy (non-hydrogen) atoms. The maximum atomic E-state index is 12.0. The summed E-state index contributed by atoms with van der Waals surface area (Å²) in [6.45, 7) is 3.27. The Bertz CT molecular complexity index is 544. The highest BCUT2D eigenvalue weighted by atomic mass is 35.5. The Morgan fingerprint density at radius 2 is 2.21 bits per heavy atom. The molecule has 2 N–H and O–H groups in total. The molecular formula is C12H18ClN3O2S. The monoisotopic (exact) mass is 303 g/mol. The van der Waals surface area contributed by atoms with E-state index in [1.54, 1.807) is 0 Å².